The maximum Gasteiger partial charge on any atom is 0.230 e. The number of carbonyl (C=O) groups is 2. The van der Waals surface area contributed by atoms with Crippen molar-refractivity contribution in [2.24, 2.45) is 5.92 Å². The van der Waals surface area contributed by atoms with Gasteiger partial charge in [0.2, 0.25) is 11.8 Å². The fourth-order valence-corrected chi connectivity index (χ4v) is 4.33. The largest absolute Gasteiger partial charge is 0.343 e. The van der Waals surface area contributed by atoms with Crippen molar-refractivity contribution < 1.29 is 9.59 Å². The third-order valence-corrected chi connectivity index (χ3v) is 5.88. The molecule has 1 aromatic rings. The third-order valence-electron chi connectivity index (χ3n) is 4.57. The van der Waals surface area contributed by atoms with Crippen molar-refractivity contribution in [3.63, 3.8) is 0 Å². The number of hydrogen-bond acceptors (Lipinski definition) is 3. The minimum atomic E-state index is 0.0363. The highest BCUT2D eigenvalue weighted by Crippen LogP contribution is 2.38. The topological polar surface area (TPSA) is 40.6 Å². The molecule has 1 atom stereocenters. The van der Waals surface area contributed by atoms with Gasteiger partial charge >= 0.3 is 0 Å². The zero-order chi connectivity index (χ0) is 15.7. The average Bonchev–Trinajstić information content (AvgIpc) is 2.54. The highest BCUT2D eigenvalue weighted by atomic mass is 32.2. The number of benzene rings is 1. The molecule has 4 nitrogen and oxygen atoms in total. The van der Waals surface area contributed by atoms with Gasteiger partial charge in [0.1, 0.15) is 0 Å². The van der Waals surface area contributed by atoms with Gasteiger partial charge in [-0.3, -0.25) is 9.59 Å². The van der Waals surface area contributed by atoms with Crippen LogP contribution in [-0.2, 0) is 9.59 Å². The molecule has 1 saturated heterocycles. The Balaban J connectivity index is 1.76. The molecular formula is C17H22N2O2S. The lowest BCUT2D eigenvalue weighted by molar-refractivity contribution is -0.133. The second-order valence-corrected chi connectivity index (χ2v) is 7.18. The van der Waals surface area contributed by atoms with E-state index in [4.69, 9.17) is 0 Å². The van der Waals surface area contributed by atoms with E-state index < -0.39 is 0 Å². The molecule has 0 bridgehead atoms. The molecule has 0 saturated carbocycles. The Bertz CT molecular complexity index is 582. The van der Waals surface area contributed by atoms with Crippen LogP contribution in [0, 0.1) is 5.92 Å². The summed E-state index contributed by atoms with van der Waals surface area (Å²) in [6.07, 6.45) is 1.55. The zero-order valence-electron chi connectivity index (χ0n) is 13.1. The molecule has 1 aromatic carbocycles. The first-order valence-corrected chi connectivity index (χ1v) is 8.87. The van der Waals surface area contributed by atoms with Crippen LogP contribution < -0.4 is 4.90 Å². The summed E-state index contributed by atoms with van der Waals surface area (Å²) < 4.78 is 0. The van der Waals surface area contributed by atoms with Gasteiger partial charge in [-0.25, -0.2) is 0 Å². The summed E-state index contributed by atoms with van der Waals surface area (Å²) in [5, 5.41) is 0. The SMILES string of the molecule is CC(=O)N1CCC(C(=O)N2c3ccccc3SCC2C)CC1. The van der Waals surface area contributed by atoms with Gasteiger partial charge in [-0.1, -0.05) is 12.1 Å². The first-order valence-electron chi connectivity index (χ1n) is 7.88. The highest BCUT2D eigenvalue weighted by Gasteiger charge is 2.34. The van der Waals surface area contributed by atoms with Gasteiger partial charge in [0.05, 0.1) is 5.69 Å². The Hall–Kier alpha value is -1.49. The highest BCUT2D eigenvalue weighted by molar-refractivity contribution is 7.99. The number of carbonyl (C=O) groups excluding carboxylic acids is 2. The van der Waals surface area contributed by atoms with Crippen molar-refractivity contribution in [1.82, 2.24) is 4.90 Å². The lowest BCUT2D eigenvalue weighted by Gasteiger charge is -2.39. The fourth-order valence-electron chi connectivity index (χ4n) is 3.27. The summed E-state index contributed by atoms with van der Waals surface area (Å²) in [5.74, 6) is 1.31. The number of rotatable bonds is 1. The van der Waals surface area contributed by atoms with E-state index in [9.17, 15) is 9.59 Å². The second-order valence-electron chi connectivity index (χ2n) is 6.12. The predicted molar refractivity (Wildman–Crippen MR) is 89.1 cm³/mol. The van der Waals surface area contributed by atoms with Gasteiger partial charge < -0.3 is 9.80 Å². The van der Waals surface area contributed by atoms with Crippen molar-refractivity contribution in [2.45, 2.75) is 37.6 Å². The minimum absolute atomic E-state index is 0.0363. The molecule has 1 fully saturated rings. The van der Waals surface area contributed by atoms with Crippen LogP contribution in [0.25, 0.3) is 0 Å². The van der Waals surface area contributed by atoms with Gasteiger partial charge in [0.25, 0.3) is 0 Å². The summed E-state index contributed by atoms with van der Waals surface area (Å²) in [4.78, 5) is 29.5. The Labute approximate surface area is 135 Å². The fraction of sp³-hybridized carbons (Fsp3) is 0.529. The standard InChI is InChI=1S/C17H22N2O2S/c1-12-11-22-16-6-4-3-5-15(16)19(12)17(21)14-7-9-18(10-8-14)13(2)20/h3-6,12,14H,7-11H2,1-2H3. The maximum atomic E-state index is 13.0. The predicted octanol–water partition coefficient (Wildman–Crippen LogP) is 2.77. The van der Waals surface area contributed by atoms with Crippen molar-refractivity contribution in [2.75, 3.05) is 23.7 Å². The molecule has 1 unspecified atom stereocenters. The molecule has 22 heavy (non-hydrogen) atoms. The number of hydrogen-bond donors (Lipinski definition) is 0. The summed E-state index contributed by atoms with van der Waals surface area (Å²) >= 11 is 1.82. The molecule has 2 heterocycles. The van der Waals surface area contributed by atoms with Gasteiger partial charge in [-0.2, -0.15) is 0 Å². The van der Waals surface area contributed by atoms with E-state index >= 15 is 0 Å². The Morgan fingerprint density at radius 2 is 1.86 bits per heavy atom. The summed E-state index contributed by atoms with van der Waals surface area (Å²) in [6, 6.07) is 8.37. The molecule has 0 N–H and O–H groups in total. The Kier molecular flexibility index (Phi) is 4.43. The first-order chi connectivity index (χ1) is 10.6. The van der Waals surface area contributed by atoms with Gasteiger partial charge in [-0.05, 0) is 31.9 Å². The van der Waals surface area contributed by atoms with Crippen LogP contribution in [0.4, 0.5) is 5.69 Å². The van der Waals surface area contributed by atoms with Crippen molar-refractivity contribution in [1.29, 1.82) is 0 Å². The number of amides is 2. The van der Waals surface area contributed by atoms with E-state index in [2.05, 4.69) is 13.0 Å². The van der Waals surface area contributed by atoms with E-state index in [0.717, 1.165) is 24.3 Å². The second kappa shape index (κ2) is 6.32. The van der Waals surface area contributed by atoms with E-state index in [1.807, 2.05) is 39.8 Å². The average molecular weight is 318 g/mol. The van der Waals surface area contributed by atoms with Crippen LogP contribution in [0.5, 0.6) is 0 Å². The summed E-state index contributed by atoms with van der Waals surface area (Å²) in [7, 11) is 0. The lowest BCUT2D eigenvalue weighted by atomic mass is 9.94. The molecule has 118 valence electrons. The van der Waals surface area contributed by atoms with Crippen LogP contribution in [0.2, 0.25) is 0 Å². The normalized spacial score (nSPS) is 22.4. The molecule has 0 radical (unpaired) electrons. The molecule has 0 aromatic heterocycles. The Morgan fingerprint density at radius 3 is 2.55 bits per heavy atom. The molecule has 0 aliphatic carbocycles. The van der Waals surface area contributed by atoms with Gasteiger partial charge in [0, 0.05) is 42.6 Å². The summed E-state index contributed by atoms with van der Waals surface area (Å²) in [5.41, 5.74) is 1.05. The molecular weight excluding hydrogens is 296 g/mol. The molecule has 5 heteroatoms. The first kappa shape index (κ1) is 15.4. The summed E-state index contributed by atoms with van der Waals surface area (Å²) in [6.45, 7) is 5.11. The van der Waals surface area contributed by atoms with E-state index in [1.165, 1.54) is 4.90 Å². The van der Waals surface area contributed by atoms with Crippen molar-refractivity contribution >= 4 is 29.3 Å². The smallest absolute Gasteiger partial charge is 0.230 e. The van der Waals surface area contributed by atoms with Crippen LogP contribution in [0.3, 0.4) is 0 Å². The lowest BCUT2D eigenvalue weighted by Crippen LogP contribution is -2.48. The van der Waals surface area contributed by atoms with Crippen molar-refractivity contribution in [3.05, 3.63) is 24.3 Å². The molecule has 0 spiro atoms. The monoisotopic (exact) mass is 318 g/mol. The van der Waals surface area contributed by atoms with E-state index in [1.54, 1.807) is 6.92 Å². The number of fused-ring (bicyclic) bond motifs is 1. The van der Waals surface area contributed by atoms with Crippen molar-refractivity contribution in [3.8, 4) is 0 Å². The number of anilines is 1. The van der Waals surface area contributed by atoms with Crippen LogP contribution in [-0.4, -0.2) is 41.6 Å². The number of nitrogens with zero attached hydrogens (tertiary/aromatic N) is 2. The number of likely N-dealkylation sites (tertiary alicyclic amines) is 1. The molecule has 2 amide bonds. The minimum Gasteiger partial charge on any atom is -0.343 e. The van der Waals surface area contributed by atoms with Crippen LogP contribution >= 0.6 is 11.8 Å². The molecule has 2 aliphatic heterocycles. The quantitative estimate of drug-likeness (QED) is 0.799. The zero-order valence-corrected chi connectivity index (χ0v) is 13.9. The van der Waals surface area contributed by atoms with Crippen LogP contribution in [0.15, 0.2) is 29.2 Å². The molecule has 3 rings (SSSR count). The number of para-hydroxylation sites is 1. The van der Waals surface area contributed by atoms with E-state index in [-0.39, 0.29) is 23.8 Å². The number of thioether (sulfide) groups is 1. The Morgan fingerprint density at radius 1 is 1.18 bits per heavy atom. The van der Waals surface area contributed by atoms with Gasteiger partial charge in [-0.15, -0.1) is 11.8 Å². The van der Waals surface area contributed by atoms with Gasteiger partial charge in [0.15, 0.2) is 0 Å². The van der Waals surface area contributed by atoms with E-state index in [0.29, 0.717) is 13.1 Å². The number of piperidine rings is 1. The van der Waals surface area contributed by atoms with Crippen LogP contribution in [0.1, 0.15) is 26.7 Å². The molecule has 2 aliphatic rings. The third kappa shape index (κ3) is 2.86. The maximum absolute atomic E-state index is 13.0.